The molecule has 1 saturated heterocycles. The van der Waals surface area contributed by atoms with Gasteiger partial charge >= 0.3 is 5.97 Å². The Hall–Kier alpha value is -2.97. The van der Waals surface area contributed by atoms with Crippen molar-refractivity contribution < 1.29 is 14.7 Å². The van der Waals surface area contributed by atoms with Gasteiger partial charge in [0.15, 0.2) is 0 Å². The van der Waals surface area contributed by atoms with Gasteiger partial charge in [0.2, 0.25) is 5.91 Å². The smallest absolute Gasteiger partial charge is 0.303 e. The molecule has 0 atom stereocenters. The Morgan fingerprint density at radius 1 is 1.03 bits per heavy atom. The van der Waals surface area contributed by atoms with E-state index in [-0.39, 0.29) is 18.7 Å². The van der Waals surface area contributed by atoms with Crippen LogP contribution in [0.4, 0.5) is 11.5 Å². The first-order valence-electron chi connectivity index (χ1n) is 10.5. The number of benzene rings is 2. The molecule has 1 amide bonds. The summed E-state index contributed by atoms with van der Waals surface area (Å²) >= 11 is 1.56. The predicted molar refractivity (Wildman–Crippen MR) is 124 cm³/mol. The van der Waals surface area contributed by atoms with Gasteiger partial charge in [-0.1, -0.05) is 24.3 Å². The largest absolute Gasteiger partial charge is 0.481 e. The summed E-state index contributed by atoms with van der Waals surface area (Å²) in [6.45, 7) is 4.89. The monoisotopic (exact) mass is 438 g/mol. The van der Waals surface area contributed by atoms with Crippen LogP contribution in [0.5, 0.6) is 0 Å². The second-order valence-corrected chi connectivity index (χ2v) is 8.53. The van der Waals surface area contributed by atoms with Crippen LogP contribution in [0, 0.1) is 0 Å². The molecule has 0 unspecified atom stereocenters. The van der Waals surface area contributed by atoms with E-state index in [9.17, 15) is 9.59 Å². The highest BCUT2D eigenvalue weighted by Gasteiger charge is 2.20. The lowest BCUT2D eigenvalue weighted by atomic mass is 10.1. The zero-order valence-electron chi connectivity index (χ0n) is 17.3. The molecule has 31 heavy (non-hydrogen) atoms. The molecule has 3 aromatic rings. The van der Waals surface area contributed by atoms with Gasteiger partial charge in [0, 0.05) is 50.2 Å². The molecule has 0 radical (unpaired) electrons. The lowest BCUT2D eigenvalue weighted by Gasteiger charge is -2.35. The lowest BCUT2D eigenvalue weighted by Crippen LogP contribution is -2.47. The number of carbonyl (C=O) groups excluding carboxylic acids is 1. The van der Waals surface area contributed by atoms with Crippen molar-refractivity contribution in [2.24, 2.45) is 0 Å². The van der Waals surface area contributed by atoms with Gasteiger partial charge in [-0.05, 0) is 47.8 Å². The summed E-state index contributed by atoms with van der Waals surface area (Å²) in [7, 11) is 0. The van der Waals surface area contributed by atoms with Gasteiger partial charge < -0.3 is 15.3 Å². The fourth-order valence-corrected chi connectivity index (χ4v) is 4.62. The number of carbonyl (C=O) groups is 2. The van der Waals surface area contributed by atoms with E-state index < -0.39 is 5.97 Å². The zero-order valence-corrected chi connectivity index (χ0v) is 18.1. The van der Waals surface area contributed by atoms with Gasteiger partial charge in [-0.15, -0.1) is 0 Å². The molecule has 4 rings (SSSR count). The van der Waals surface area contributed by atoms with Crippen LogP contribution in [-0.2, 0) is 16.0 Å². The zero-order chi connectivity index (χ0) is 21.6. The Bertz CT molecular complexity index is 1060. The van der Waals surface area contributed by atoms with E-state index in [1.54, 1.807) is 11.5 Å². The number of carboxylic acid groups (broad SMARTS) is 1. The van der Waals surface area contributed by atoms with Crippen LogP contribution in [0.25, 0.3) is 10.1 Å². The minimum absolute atomic E-state index is 0.0158. The molecule has 7 nitrogen and oxygen atoms in total. The highest BCUT2D eigenvalue weighted by molar-refractivity contribution is 7.13. The average Bonchev–Trinajstić information content (AvgIpc) is 3.21. The van der Waals surface area contributed by atoms with E-state index in [2.05, 4.69) is 49.8 Å². The maximum absolute atomic E-state index is 11.9. The van der Waals surface area contributed by atoms with E-state index in [0.717, 1.165) is 50.5 Å². The first-order chi connectivity index (χ1) is 15.1. The number of hydrogen-bond acceptors (Lipinski definition) is 6. The fraction of sp³-hybridized carbons (Fsp3) is 0.348. The standard InChI is InChI=1S/C23H26N4O3S/c28-21(8-9-22(29)30)24-18-5-3-4-17(16-18)10-11-26-12-14-27(15-13-26)23-19-6-1-2-7-20(19)31-25-23/h1-7,16H,8-15H2,(H,24,28)(H,29,30). The minimum Gasteiger partial charge on any atom is -0.481 e. The van der Waals surface area contributed by atoms with Crippen molar-refractivity contribution in [2.45, 2.75) is 19.3 Å². The first kappa shape index (κ1) is 21.3. The summed E-state index contributed by atoms with van der Waals surface area (Å²) < 4.78 is 5.91. The Kier molecular flexibility index (Phi) is 6.79. The van der Waals surface area contributed by atoms with Crippen LogP contribution in [-0.4, -0.2) is 59.0 Å². The number of carboxylic acids is 1. The van der Waals surface area contributed by atoms with Crippen molar-refractivity contribution in [3.8, 4) is 0 Å². The Labute approximate surface area is 185 Å². The second-order valence-electron chi connectivity index (χ2n) is 7.72. The quantitative estimate of drug-likeness (QED) is 0.560. The average molecular weight is 439 g/mol. The molecule has 2 aromatic carbocycles. The molecule has 1 aliphatic rings. The molecule has 1 fully saturated rings. The molecule has 0 spiro atoms. The number of aromatic nitrogens is 1. The summed E-state index contributed by atoms with van der Waals surface area (Å²) in [5.74, 6) is -0.135. The van der Waals surface area contributed by atoms with Crippen LogP contribution in [0.1, 0.15) is 18.4 Å². The van der Waals surface area contributed by atoms with Crippen LogP contribution >= 0.6 is 11.5 Å². The summed E-state index contributed by atoms with van der Waals surface area (Å²) in [4.78, 5) is 27.3. The van der Waals surface area contributed by atoms with Gasteiger partial charge in [-0.2, -0.15) is 4.37 Å². The maximum Gasteiger partial charge on any atom is 0.303 e. The predicted octanol–water partition coefficient (Wildman–Crippen LogP) is 3.46. The molecule has 8 heteroatoms. The summed E-state index contributed by atoms with van der Waals surface area (Å²) in [5.41, 5.74) is 1.87. The Morgan fingerprint density at radius 3 is 2.65 bits per heavy atom. The van der Waals surface area contributed by atoms with Crippen molar-refractivity contribution in [1.82, 2.24) is 9.27 Å². The number of aliphatic carboxylic acids is 1. The minimum atomic E-state index is -0.966. The topological polar surface area (TPSA) is 85.8 Å². The Morgan fingerprint density at radius 2 is 1.84 bits per heavy atom. The van der Waals surface area contributed by atoms with E-state index in [4.69, 9.17) is 5.11 Å². The third-order valence-electron chi connectivity index (χ3n) is 5.52. The van der Waals surface area contributed by atoms with Crippen molar-refractivity contribution in [3.05, 3.63) is 54.1 Å². The van der Waals surface area contributed by atoms with Crippen molar-refractivity contribution in [3.63, 3.8) is 0 Å². The number of hydrogen-bond donors (Lipinski definition) is 2. The van der Waals surface area contributed by atoms with Crippen LogP contribution in [0.15, 0.2) is 48.5 Å². The van der Waals surface area contributed by atoms with E-state index >= 15 is 0 Å². The van der Waals surface area contributed by atoms with Gasteiger partial charge in [0.25, 0.3) is 0 Å². The highest BCUT2D eigenvalue weighted by atomic mass is 32.1. The maximum atomic E-state index is 11.9. The third-order valence-corrected chi connectivity index (χ3v) is 6.34. The molecular weight excluding hydrogens is 412 g/mol. The fourth-order valence-electron chi connectivity index (χ4n) is 3.82. The van der Waals surface area contributed by atoms with Crippen molar-refractivity contribution in [1.29, 1.82) is 0 Å². The normalized spacial score (nSPS) is 14.6. The number of rotatable bonds is 8. The number of nitrogens with zero attached hydrogens (tertiary/aromatic N) is 3. The van der Waals surface area contributed by atoms with Gasteiger partial charge in [-0.3, -0.25) is 14.5 Å². The molecule has 2 N–H and O–H groups in total. The third kappa shape index (κ3) is 5.59. The molecular formula is C23H26N4O3S. The molecule has 1 aromatic heterocycles. The lowest BCUT2D eigenvalue weighted by molar-refractivity contribution is -0.138. The van der Waals surface area contributed by atoms with Crippen molar-refractivity contribution in [2.75, 3.05) is 42.9 Å². The van der Waals surface area contributed by atoms with E-state index in [1.165, 1.54) is 10.1 Å². The number of amides is 1. The summed E-state index contributed by atoms with van der Waals surface area (Å²) in [6.07, 6.45) is 0.727. The SMILES string of the molecule is O=C(O)CCC(=O)Nc1cccc(CCN2CCN(c3nsc4ccccc34)CC2)c1. The number of piperazine rings is 1. The highest BCUT2D eigenvalue weighted by Crippen LogP contribution is 2.29. The molecule has 0 aliphatic carbocycles. The van der Waals surface area contributed by atoms with Gasteiger partial charge in [0.05, 0.1) is 11.1 Å². The summed E-state index contributed by atoms with van der Waals surface area (Å²) in [6, 6.07) is 16.2. The number of anilines is 2. The van der Waals surface area contributed by atoms with Gasteiger partial charge in [0.1, 0.15) is 5.82 Å². The number of fused-ring (bicyclic) bond motifs is 1. The summed E-state index contributed by atoms with van der Waals surface area (Å²) in [5, 5.41) is 12.7. The number of nitrogens with one attached hydrogen (secondary N) is 1. The van der Waals surface area contributed by atoms with Crippen LogP contribution < -0.4 is 10.2 Å². The molecule has 2 heterocycles. The first-order valence-corrected chi connectivity index (χ1v) is 11.3. The molecule has 162 valence electrons. The Balaban J connectivity index is 1.26. The van der Waals surface area contributed by atoms with Crippen LogP contribution in [0.3, 0.4) is 0 Å². The van der Waals surface area contributed by atoms with Gasteiger partial charge in [-0.25, -0.2) is 0 Å². The van der Waals surface area contributed by atoms with Crippen molar-refractivity contribution >= 4 is 45.0 Å². The van der Waals surface area contributed by atoms with E-state index in [0.29, 0.717) is 5.69 Å². The van der Waals surface area contributed by atoms with E-state index in [1.807, 2.05) is 18.2 Å². The second kappa shape index (κ2) is 9.89. The molecule has 1 aliphatic heterocycles. The van der Waals surface area contributed by atoms with Crippen LogP contribution in [0.2, 0.25) is 0 Å². The molecule has 0 bridgehead atoms. The molecule has 0 saturated carbocycles.